The number of benzene rings is 2. The third kappa shape index (κ3) is 10.7. The number of alkyl carbamates (subject to hydrolysis) is 1. The molecule has 2 N–H and O–H groups in total. The third-order valence-corrected chi connectivity index (χ3v) is 7.71. The molecule has 0 radical (unpaired) electrons. The van der Waals surface area contributed by atoms with Crippen molar-refractivity contribution in [2.75, 3.05) is 38.2 Å². The van der Waals surface area contributed by atoms with E-state index in [9.17, 15) is 22.8 Å². The Morgan fingerprint density at radius 2 is 1.67 bits per heavy atom. The number of aryl methyl sites for hydroxylation is 1. The SMILES string of the molecule is O=C(NC(CCc1ccccc1)CNc1ccc(OC(F)(F)F)cc1)OC(CC1CCCCC1)C(=O)N1CCOCC1. The molecule has 0 bridgehead atoms. The number of amides is 2. The summed E-state index contributed by atoms with van der Waals surface area (Å²) in [5, 5.41) is 6.11. The molecule has 0 spiro atoms. The molecule has 2 aromatic carbocycles. The molecule has 1 saturated heterocycles. The van der Waals surface area contributed by atoms with Gasteiger partial charge in [0.1, 0.15) is 5.75 Å². The number of hydrogen-bond donors (Lipinski definition) is 2. The van der Waals surface area contributed by atoms with Gasteiger partial charge >= 0.3 is 12.5 Å². The van der Waals surface area contributed by atoms with Crippen LogP contribution in [0.3, 0.4) is 0 Å². The van der Waals surface area contributed by atoms with Crippen LogP contribution in [-0.2, 0) is 20.7 Å². The normalized spacial score (nSPS) is 17.6. The Morgan fingerprint density at radius 1 is 0.976 bits per heavy atom. The lowest BCUT2D eigenvalue weighted by molar-refractivity contribution is -0.274. The van der Waals surface area contributed by atoms with Crippen molar-refractivity contribution in [2.24, 2.45) is 5.92 Å². The first-order valence-corrected chi connectivity index (χ1v) is 14.7. The van der Waals surface area contributed by atoms with Gasteiger partial charge in [-0.05, 0) is 55.0 Å². The van der Waals surface area contributed by atoms with Crippen LogP contribution >= 0.6 is 0 Å². The zero-order valence-corrected chi connectivity index (χ0v) is 23.7. The first kappa shape index (κ1) is 31.5. The lowest BCUT2D eigenvalue weighted by atomic mass is 9.85. The van der Waals surface area contributed by atoms with Crippen molar-refractivity contribution in [1.82, 2.24) is 10.2 Å². The summed E-state index contributed by atoms with van der Waals surface area (Å²) in [7, 11) is 0. The Hall–Kier alpha value is -3.47. The van der Waals surface area contributed by atoms with Gasteiger partial charge in [-0.1, -0.05) is 62.4 Å². The summed E-state index contributed by atoms with van der Waals surface area (Å²) in [6, 6.07) is 14.9. The van der Waals surface area contributed by atoms with Crippen LogP contribution in [-0.4, -0.2) is 68.3 Å². The molecule has 42 heavy (non-hydrogen) atoms. The van der Waals surface area contributed by atoms with Gasteiger partial charge in [0.05, 0.1) is 13.2 Å². The van der Waals surface area contributed by atoms with E-state index in [4.69, 9.17) is 9.47 Å². The highest BCUT2D eigenvalue weighted by molar-refractivity contribution is 5.83. The molecule has 4 rings (SSSR count). The van der Waals surface area contributed by atoms with E-state index in [1.807, 2.05) is 30.3 Å². The molecule has 1 heterocycles. The molecule has 8 nitrogen and oxygen atoms in total. The molecule has 11 heteroatoms. The maximum Gasteiger partial charge on any atom is 0.573 e. The molecule has 2 aliphatic rings. The number of carbonyl (C=O) groups is 2. The number of hydrogen-bond acceptors (Lipinski definition) is 6. The molecular weight excluding hydrogens is 551 g/mol. The maximum atomic E-state index is 13.4. The van der Waals surface area contributed by atoms with Crippen molar-refractivity contribution in [1.29, 1.82) is 0 Å². The second kappa shape index (κ2) is 15.7. The predicted octanol–water partition coefficient (Wildman–Crippen LogP) is 5.92. The maximum absolute atomic E-state index is 13.4. The quantitative estimate of drug-likeness (QED) is 0.319. The molecule has 2 unspecified atom stereocenters. The summed E-state index contributed by atoms with van der Waals surface area (Å²) in [6.45, 7) is 2.17. The first-order valence-electron chi connectivity index (χ1n) is 14.7. The van der Waals surface area contributed by atoms with E-state index in [1.54, 1.807) is 4.90 Å². The van der Waals surface area contributed by atoms with Crippen LogP contribution in [0.4, 0.5) is 23.7 Å². The number of nitrogens with zero attached hydrogens (tertiary/aromatic N) is 1. The van der Waals surface area contributed by atoms with E-state index >= 15 is 0 Å². The molecule has 1 aliphatic heterocycles. The van der Waals surface area contributed by atoms with Gasteiger partial charge in [0.15, 0.2) is 6.10 Å². The van der Waals surface area contributed by atoms with Crippen molar-refractivity contribution in [2.45, 2.75) is 69.9 Å². The third-order valence-electron chi connectivity index (χ3n) is 7.71. The van der Waals surface area contributed by atoms with Gasteiger partial charge in [0, 0.05) is 31.4 Å². The Labute approximate surface area is 244 Å². The number of anilines is 1. The van der Waals surface area contributed by atoms with Crippen LogP contribution in [0.1, 0.15) is 50.5 Å². The number of nitrogens with one attached hydrogen (secondary N) is 2. The van der Waals surface area contributed by atoms with Crippen LogP contribution in [0.5, 0.6) is 5.75 Å². The predicted molar refractivity (Wildman–Crippen MR) is 152 cm³/mol. The molecular formula is C31H40F3N3O5. The van der Waals surface area contributed by atoms with E-state index in [1.165, 1.54) is 30.7 Å². The Balaban J connectivity index is 1.39. The Bertz CT molecular complexity index is 1110. The molecule has 1 aliphatic carbocycles. The Kier molecular flexibility index (Phi) is 11.7. The summed E-state index contributed by atoms with van der Waals surface area (Å²) in [4.78, 5) is 28.3. The van der Waals surface area contributed by atoms with Crippen LogP contribution in [0.15, 0.2) is 54.6 Å². The first-order chi connectivity index (χ1) is 20.2. The molecule has 2 aromatic rings. The monoisotopic (exact) mass is 591 g/mol. The van der Waals surface area contributed by atoms with Crippen LogP contribution in [0.2, 0.25) is 0 Å². The molecule has 230 valence electrons. The number of alkyl halides is 3. The molecule has 2 amide bonds. The topological polar surface area (TPSA) is 89.1 Å². The molecule has 2 fully saturated rings. The number of halogens is 3. The number of carbonyl (C=O) groups excluding carboxylic acids is 2. The van der Waals surface area contributed by atoms with Crippen LogP contribution in [0, 0.1) is 5.92 Å². The van der Waals surface area contributed by atoms with Gasteiger partial charge in [-0.2, -0.15) is 0 Å². The van der Waals surface area contributed by atoms with Gasteiger partial charge < -0.3 is 29.7 Å². The number of morpholine rings is 1. The van der Waals surface area contributed by atoms with Crippen molar-refractivity contribution >= 4 is 17.7 Å². The van der Waals surface area contributed by atoms with Crippen molar-refractivity contribution in [3.63, 3.8) is 0 Å². The number of rotatable bonds is 12. The highest BCUT2D eigenvalue weighted by Gasteiger charge is 2.33. The van der Waals surface area contributed by atoms with Crippen molar-refractivity contribution < 1.29 is 37.0 Å². The lowest BCUT2D eigenvalue weighted by Gasteiger charge is -2.32. The van der Waals surface area contributed by atoms with E-state index in [-0.39, 0.29) is 17.7 Å². The zero-order chi connectivity index (χ0) is 29.8. The summed E-state index contributed by atoms with van der Waals surface area (Å²) < 4.78 is 52.7. The second-order valence-corrected chi connectivity index (χ2v) is 10.9. The van der Waals surface area contributed by atoms with Crippen molar-refractivity contribution in [3.05, 3.63) is 60.2 Å². The zero-order valence-electron chi connectivity index (χ0n) is 23.7. The van der Waals surface area contributed by atoms with Gasteiger partial charge in [-0.15, -0.1) is 13.2 Å². The fourth-order valence-electron chi connectivity index (χ4n) is 5.47. The number of ether oxygens (including phenoxy) is 3. The Morgan fingerprint density at radius 3 is 2.33 bits per heavy atom. The minimum absolute atomic E-state index is 0.181. The highest BCUT2D eigenvalue weighted by atomic mass is 19.4. The fraction of sp³-hybridized carbons (Fsp3) is 0.548. The second-order valence-electron chi connectivity index (χ2n) is 10.9. The average Bonchev–Trinajstić information content (AvgIpc) is 2.99. The van der Waals surface area contributed by atoms with E-state index < -0.39 is 18.6 Å². The largest absolute Gasteiger partial charge is 0.573 e. The van der Waals surface area contributed by atoms with Gasteiger partial charge in [0.25, 0.3) is 5.91 Å². The van der Waals surface area contributed by atoms with Crippen molar-refractivity contribution in [3.8, 4) is 5.75 Å². The average molecular weight is 592 g/mol. The molecule has 2 atom stereocenters. The molecule has 1 saturated carbocycles. The summed E-state index contributed by atoms with van der Waals surface area (Å²) >= 11 is 0. The lowest BCUT2D eigenvalue weighted by Crippen LogP contribution is -2.49. The van der Waals surface area contributed by atoms with E-state index in [0.29, 0.717) is 63.7 Å². The highest BCUT2D eigenvalue weighted by Crippen LogP contribution is 2.29. The minimum atomic E-state index is -4.76. The summed E-state index contributed by atoms with van der Waals surface area (Å²) in [5.41, 5.74) is 1.67. The van der Waals surface area contributed by atoms with Crippen LogP contribution < -0.4 is 15.4 Å². The van der Waals surface area contributed by atoms with Crippen LogP contribution in [0.25, 0.3) is 0 Å². The summed E-state index contributed by atoms with van der Waals surface area (Å²) in [6.07, 6.45) is 0.939. The standard InChI is InChI=1S/C31H40F3N3O5/c32-31(33,34)42-27-15-13-25(14-16-27)35-22-26(12-11-23-7-3-1-4-8-23)36-30(39)41-28(21-24-9-5-2-6-10-24)29(38)37-17-19-40-20-18-37/h1,3-4,7-8,13-16,24,26,28,35H,2,5-6,9-12,17-22H2,(H,36,39). The van der Waals surface area contributed by atoms with Gasteiger partial charge in [-0.25, -0.2) is 4.79 Å². The minimum Gasteiger partial charge on any atom is -0.436 e. The fourth-order valence-corrected chi connectivity index (χ4v) is 5.47. The van der Waals surface area contributed by atoms with E-state index in [2.05, 4.69) is 15.4 Å². The smallest absolute Gasteiger partial charge is 0.436 e. The summed E-state index contributed by atoms with van der Waals surface area (Å²) in [5.74, 6) is -0.162. The molecule has 0 aromatic heterocycles. The van der Waals surface area contributed by atoms with Gasteiger partial charge in [-0.3, -0.25) is 4.79 Å². The van der Waals surface area contributed by atoms with E-state index in [0.717, 1.165) is 31.2 Å². The van der Waals surface area contributed by atoms with Gasteiger partial charge in [0.2, 0.25) is 0 Å².